The van der Waals surface area contributed by atoms with Gasteiger partial charge in [-0.1, -0.05) is 19.9 Å². The van der Waals surface area contributed by atoms with Gasteiger partial charge in [-0.3, -0.25) is 4.79 Å². The molecule has 0 bridgehead atoms. The van der Waals surface area contributed by atoms with Crippen LogP contribution in [0.5, 0.6) is 5.75 Å². The molecule has 0 saturated carbocycles. The number of likely N-dealkylation sites (tertiary alicyclic amines) is 1. The van der Waals surface area contributed by atoms with Crippen LogP contribution in [0.15, 0.2) is 18.2 Å². The highest BCUT2D eigenvalue weighted by Crippen LogP contribution is 2.27. The van der Waals surface area contributed by atoms with E-state index in [1.54, 1.807) is 0 Å². The normalized spacial score (nSPS) is 20.2. The number of rotatable bonds is 3. The molecule has 0 spiro atoms. The topological polar surface area (TPSA) is 55.6 Å². The summed E-state index contributed by atoms with van der Waals surface area (Å²) in [6.07, 6.45) is 0.850. The van der Waals surface area contributed by atoms with Crippen LogP contribution in [0.3, 0.4) is 0 Å². The maximum atomic E-state index is 12.3. The number of ether oxygens (including phenoxy) is 1. The summed E-state index contributed by atoms with van der Waals surface area (Å²) in [6, 6.07) is 6.05. The molecule has 1 atom stereocenters. The molecule has 1 heterocycles. The first-order valence-corrected chi connectivity index (χ1v) is 7.53. The van der Waals surface area contributed by atoms with Crippen molar-refractivity contribution in [3.8, 4) is 5.75 Å². The second-order valence-corrected chi connectivity index (χ2v) is 6.73. The Labute approximate surface area is 139 Å². The Kier molecular flexibility index (Phi) is 6.27. The average Bonchev–Trinajstić information content (AvgIpc) is 2.42. The second kappa shape index (κ2) is 7.34. The van der Waals surface area contributed by atoms with Gasteiger partial charge in [0.05, 0.1) is 0 Å². The minimum absolute atomic E-state index is 0. The number of halogens is 1. The zero-order valence-electron chi connectivity index (χ0n) is 13.9. The minimum Gasteiger partial charge on any atom is -0.484 e. The molecular formula is C17H27ClN2O2. The van der Waals surface area contributed by atoms with Crippen LogP contribution in [0.2, 0.25) is 0 Å². The molecule has 2 N–H and O–H groups in total. The van der Waals surface area contributed by atoms with Gasteiger partial charge in [0.2, 0.25) is 0 Å². The van der Waals surface area contributed by atoms with Crippen LogP contribution in [-0.4, -0.2) is 36.5 Å². The summed E-state index contributed by atoms with van der Waals surface area (Å²) in [5.74, 6) is 0.785. The van der Waals surface area contributed by atoms with Crippen LogP contribution in [0.25, 0.3) is 0 Å². The van der Waals surface area contributed by atoms with Crippen molar-refractivity contribution in [2.24, 2.45) is 11.1 Å². The van der Waals surface area contributed by atoms with Crippen LogP contribution in [0.1, 0.15) is 31.4 Å². The number of piperidine rings is 1. The van der Waals surface area contributed by atoms with E-state index in [-0.39, 0.29) is 36.4 Å². The quantitative estimate of drug-likeness (QED) is 0.929. The molecule has 0 aromatic heterocycles. The lowest BCUT2D eigenvalue weighted by Crippen LogP contribution is -2.54. The van der Waals surface area contributed by atoms with Crippen molar-refractivity contribution in [1.29, 1.82) is 0 Å². The maximum Gasteiger partial charge on any atom is 0.260 e. The lowest BCUT2D eigenvalue weighted by atomic mass is 9.80. The molecule has 1 unspecified atom stereocenters. The molecule has 0 aliphatic carbocycles. The van der Waals surface area contributed by atoms with E-state index >= 15 is 0 Å². The number of hydrogen-bond acceptors (Lipinski definition) is 3. The molecule has 0 radical (unpaired) electrons. The monoisotopic (exact) mass is 326 g/mol. The molecule has 4 nitrogen and oxygen atoms in total. The first-order chi connectivity index (χ1) is 9.79. The zero-order chi connectivity index (χ0) is 15.6. The molecule has 22 heavy (non-hydrogen) atoms. The van der Waals surface area contributed by atoms with Crippen molar-refractivity contribution in [3.63, 3.8) is 0 Å². The molecule has 1 aromatic carbocycles. The van der Waals surface area contributed by atoms with Gasteiger partial charge in [0.15, 0.2) is 6.61 Å². The van der Waals surface area contributed by atoms with Gasteiger partial charge >= 0.3 is 0 Å². The smallest absolute Gasteiger partial charge is 0.260 e. The molecule has 1 fully saturated rings. The van der Waals surface area contributed by atoms with Crippen molar-refractivity contribution in [1.82, 2.24) is 4.90 Å². The highest BCUT2D eigenvalue weighted by atomic mass is 35.5. The van der Waals surface area contributed by atoms with Gasteiger partial charge < -0.3 is 15.4 Å². The second-order valence-electron chi connectivity index (χ2n) is 6.73. The standard InChI is InChI=1S/C17H26N2O2.ClH/c1-12-5-6-14(9-13(12)2)21-10-16(20)19-8-7-15(18)17(3,4)11-19;/h5-6,9,15H,7-8,10-11,18H2,1-4H3;1H. The number of benzene rings is 1. The maximum absolute atomic E-state index is 12.3. The lowest BCUT2D eigenvalue weighted by Gasteiger charge is -2.42. The van der Waals surface area contributed by atoms with Gasteiger partial charge in [-0.15, -0.1) is 12.4 Å². The third-order valence-electron chi connectivity index (χ3n) is 4.51. The van der Waals surface area contributed by atoms with Crippen LogP contribution < -0.4 is 10.5 Å². The number of carbonyl (C=O) groups excluding carboxylic acids is 1. The largest absolute Gasteiger partial charge is 0.484 e. The summed E-state index contributed by atoms with van der Waals surface area (Å²) in [7, 11) is 0. The van der Waals surface area contributed by atoms with Gasteiger partial charge in [-0.05, 0) is 48.9 Å². The van der Waals surface area contributed by atoms with Crippen LogP contribution in [-0.2, 0) is 4.79 Å². The Bertz CT molecular complexity index is 531. The van der Waals surface area contributed by atoms with E-state index < -0.39 is 0 Å². The summed E-state index contributed by atoms with van der Waals surface area (Å²) >= 11 is 0. The minimum atomic E-state index is -0.0334. The molecule has 124 valence electrons. The molecular weight excluding hydrogens is 300 g/mol. The predicted octanol–water partition coefficient (Wildman–Crippen LogP) is 2.69. The third kappa shape index (κ3) is 4.37. The number of nitrogens with zero attached hydrogens (tertiary/aromatic N) is 1. The molecule has 1 aromatic rings. The number of amides is 1. The summed E-state index contributed by atoms with van der Waals surface area (Å²) in [4.78, 5) is 14.1. The molecule has 1 amide bonds. The summed E-state index contributed by atoms with van der Waals surface area (Å²) in [5.41, 5.74) is 8.46. The van der Waals surface area contributed by atoms with Gasteiger partial charge in [-0.2, -0.15) is 0 Å². The number of nitrogens with two attached hydrogens (primary N) is 1. The van der Waals surface area contributed by atoms with E-state index in [1.165, 1.54) is 11.1 Å². The van der Waals surface area contributed by atoms with Gasteiger partial charge in [-0.25, -0.2) is 0 Å². The Hall–Kier alpha value is -1.26. The van der Waals surface area contributed by atoms with E-state index in [4.69, 9.17) is 10.5 Å². The lowest BCUT2D eigenvalue weighted by molar-refractivity contribution is -0.136. The van der Waals surface area contributed by atoms with Crippen molar-refractivity contribution in [2.45, 2.75) is 40.2 Å². The van der Waals surface area contributed by atoms with Crippen molar-refractivity contribution < 1.29 is 9.53 Å². The Morgan fingerprint density at radius 1 is 1.36 bits per heavy atom. The number of carbonyl (C=O) groups is 1. The van der Waals surface area contributed by atoms with Crippen molar-refractivity contribution in [2.75, 3.05) is 19.7 Å². The van der Waals surface area contributed by atoms with E-state index in [2.05, 4.69) is 20.8 Å². The van der Waals surface area contributed by atoms with Gasteiger partial charge in [0.25, 0.3) is 5.91 Å². The molecule has 2 rings (SSSR count). The van der Waals surface area contributed by atoms with Gasteiger partial charge in [0.1, 0.15) is 5.75 Å². The van der Waals surface area contributed by atoms with E-state index in [0.717, 1.165) is 18.7 Å². The fraction of sp³-hybridized carbons (Fsp3) is 0.588. The summed E-state index contributed by atoms with van der Waals surface area (Å²) in [5, 5.41) is 0. The molecule has 1 saturated heterocycles. The van der Waals surface area contributed by atoms with Crippen LogP contribution >= 0.6 is 12.4 Å². The first-order valence-electron chi connectivity index (χ1n) is 7.53. The highest BCUT2D eigenvalue weighted by molar-refractivity contribution is 5.85. The Balaban J connectivity index is 0.00000242. The summed E-state index contributed by atoms with van der Waals surface area (Å²) in [6.45, 7) is 9.83. The van der Waals surface area contributed by atoms with Gasteiger partial charge in [0, 0.05) is 19.1 Å². The van der Waals surface area contributed by atoms with E-state index in [0.29, 0.717) is 6.54 Å². The Morgan fingerprint density at radius 2 is 2.05 bits per heavy atom. The zero-order valence-corrected chi connectivity index (χ0v) is 14.7. The highest BCUT2D eigenvalue weighted by Gasteiger charge is 2.35. The average molecular weight is 327 g/mol. The van der Waals surface area contributed by atoms with Crippen molar-refractivity contribution in [3.05, 3.63) is 29.3 Å². The molecule has 5 heteroatoms. The van der Waals surface area contributed by atoms with Crippen molar-refractivity contribution >= 4 is 18.3 Å². The number of aryl methyl sites for hydroxylation is 2. The summed E-state index contributed by atoms with van der Waals surface area (Å²) < 4.78 is 5.63. The Morgan fingerprint density at radius 3 is 2.64 bits per heavy atom. The van der Waals surface area contributed by atoms with E-state index in [9.17, 15) is 4.79 Å². The molecule has 1 aliphatic rings. The first kappa shape index (κ1) is 18.8. The fourth-order valence-corrected chi connectivity index (χ4v) is 2.63. The number of hydrogen-bond donors (Lipinski definition) is 1. The third-order valence-corrected chi connectivity index (χ3v) is 4.51. The molecule has 1 aliphatic heterocycles. The van der Waals surface area contributed by atoms with Crippen LogP contribution in [0, 0.1) is 19.3 Å². The SMILES string of the molecule is Cc1ccc(OCC(=O)N2CCC(N)C(C)(C)C2)cc1C.Cl. The van der Waals surface area contributed by atoms with E-state index in [1.807, 2.05) is 30.0 Å². The van der Waals surface area contributed by atoms with Crippen LogP contribution in [0.4, 0.5) is 0 Å². The fourth-order valence-electron chi connectivity index (χ4n) is 2.63. The predicted molar refractivity (Wildman–Crippen MR) is 91.6 cm³/mol.